The van der Waals surface area contributed by atoms with Crippen LogP contribution < -0.4 is 10.3 Å². The van der Waals surface area contributed by atoms with Crippen molar-refractivity contribution in [3.8, 4) is 0 Å². The molecule has 178 valence electrons. The van der Waals surface area contributed by atoms with Crippen LogP contribution in [0.2, 0.25) is 0 Å². The van der Waals surface area contributed by atoms with Crippen LogP contribution in [0.15, 0.2) is 59.7 Å². The number of piperazine rings is 1. The number of para-hydroxylation sites is 1. The third-order valence-corrected chi connectivity index (χ3v) is 6.42. The van der Waals surface area contributed by atoms with Crippen LogP contribution in [0.4, 0.5) is 5.69 Å². The van der Waals surface area contributed by atoms with Crippen LogP contribution in [0, 0.1) is 20.8 Å². The summed E-state index contributed by atoms with van der Waals surface area (Å²) in [6, 6.07) is 19.0. The first-order valence-corrected chi connectivity index (χ1v) is 11.9. The zero-order chi connectivity index (χ0) is 23.9. The van der Waals surface area contributed by atoms with Crippen molar-refractivity contribution in [2.45, 2.75) is 33.7 Å². The summed E-state index contributed by atoms with van der Waals surface area (Å²) in [7, 11) is 0. The van der Waals surface area contributed by atoms with Gasteiger partial charge in [-0.05, 0) is 38.5 Å². The Balaban J connectivity index is 1.23. The fourth-order valence-corrected chi connectivity index (χ4v) is 4.27. The lowest BCUT2D eigenvalue weighted by Gasteiger charge is -2.36. The van der Waals surface area contributed by atoms with E-state index in [1.165, 1.54) is 16.8 Å². The summed E-state index contributed by atoms with van der Waals surface area (Å²) in [5.74, 6) is -0.0657. The second-order valence-electron chi connectivity index (χ2n) is 8.94. The largest absolute Gasteiger partial charge is 0.369 e. The minimum absolute atomic E-state index is 0.0657. The number of hydrogen-bond acceptors (Lipinski definition) is 5. The molecule has 0 radical (unpaired) electrons. The third-order valence-electron chi connectivity index (χ3n) is 6.42. The molecule has 0 aliphatic carbocycles. The molecule has 3 aromatic rings. The van der Waals surface area contributed by atoms with E-state index in [1.54, 1.807) is 6.21 Å². The van der Waals surface area contributed by atoms with Gasteiger partial charge in [-0.25, -0.2) is 5.43 Å². The minimum atomic E-state index is -0.0657. The van der Waals surface area contributed by atoms with E-state index in [2.05, 4.69) is 80.9 Å². The number of amides is 1. The van der Waals surface area contributed by atoms with Crippen LogP contribution >= 0.6 is 0 Å². The Bertz CT molecular complexity index is 1110. The van der Waals surface area contributed by atoms with Gasteiger partial charge in [-0.15, -0.1) is 0 Å². The van der Waals surface area contributed by atoms with Crippen molar-refractivity contribution >= 4 is 17.8 Å². The topological polar surface area (TPSA) is 65.8 Å². The summed E-state index contributed by atoms with van der Waals surface area (Å²) in [4.78, 5) is 17.1. The summed E-state index contributed by atoms with van der Waals surface area (Å²) in [5, 5.41) is 8.86. The molecule has 0 unspecified atom stereocenters. The molecule has 1 aliphatic rings. The molecule has 0 saturated carbocycles. The first-order valence-electron chi connectivity index (χ1n) is 11.9. The van der Waals surface area contributed by atoms with E-state index >= 15 is 0 Å². The lowest BCUT2D eigenvalue weighted by atomic mass is 10.1. The second-order valence-corrected chi connectivity index (χ2v) is 8.94. The summed E-state index contributed by atoms with van der Waals surface area (Å²) in [6.45, 7) is 11.4. The number of benzene rings is 2. The van der Waals surface area contributed by atoms with E-state index in [-0.39, 0.29) is 5.91 Å². The van der Waals surface area contributed by atoms with Crippen molar-refractivity contribution in [2.75, 3.05) is 37.6 Å². The predicted octanol–water partition coefficient (Wildman–Crippen LogP) is 3.52. The van der Waals surface area contributed by atoms with Crippen LogP contribution in [0.5, 0.6) is 0 Å². The Morgan fingerprint density at radius 3 is 2.41 bits per heavy atom. The predicted molar refractivity (Wildman–Crippen MR) is 137 cm³/mol. The molecule has 1 amide bonds. The van der Waals surface area contributed by atoms with Gasteiger partial charge in [0.05, 0.1) is 18.5 Å². The van der Waals surface area contributed by atoms with Gasteiger partial charge in [-0.1, -0.05) is 48.0 Å². The van der Waals surface area contributed by atoms with Gasteiger partial charge in [0.1, 0.15) is 0 Å². The maximum absolute atomic E-state index is 12.3. The van der Waals surface area contributed by atoms with Crippen LogP contribution in [0.1, 0.15) is 34.5 Å². The highest BCUT2D eigenvalue weighted by Crippen LogP contribution is 2.16. The van der Waals surface area contributed by atoms with E-state index in [9.17, 15) is 4.79 Å². The average Bonchev–Trinajstić information content (AvgIpc) is 3.12. The Morgan fingerprint density at radius 2 is 1.71 bits per heavy atom. The highest BCUT2D eigenvalue weighted by molar-refractivity contribution is 5.84. The zero-order valence-electron chi connectivity index (χ0n) is 20.4. The number of rotatable bonds is 8. The number of nitrogens with zero attached hydrogens (tertiary/aromatic N) is 5. The molecular formula is C27H34N6O. The number of anilines is 1. The van der Waals surface area contributed by atoms with E-state index in [1.807, 2.05) is 24.6 Å². The number of aromatic nitrogens is 2. The number of hydrazone groups is 1. The molecule has 1 fully saturated rings. The highest BCUT2D eigenvalue weighted by Gasteiger charge is 2.17. The molecule has 0 bridgehead atoms. The van der Waals surface area contributed by atoms with Crippen LogP contribution in [-0.2, 0) is 11.3 Å². The van der Waals surface area contributed by atoms with Crippen LogP contribution in [-0.4, -0.2) is 59.5 Å². The molecule has 7 nitrogen and oxygen atoms in total. The molecule has 2 heterocycles. The van der Waals surface area contributed by atoms with Crippen LogP contribution in [0.3, 0.4) is 0 Å². The quantitative estimate of drug-likeness (QED) is 0.414. The zero-order valence-corrected chi connectivity index (χ0v) is 20.4. The SMILES string of the molecule is Cc1ccc(Cn2nc(C)c(C=NNC(=O)CCN3CCN(c4ccccc4)CC3)c2C)cc1. The van der Waals surface area contributed by atoms with Crippen molar-refractivity contribution in [2.24, 2.45) is 5.10 Å². The molecular weight excluding hydrogens is 424 g/mol. The Labute approximate surface area is 202 Å². The Hall–Kier alpha value is -3.45. The fourth-order valence-electron chi connectivity index (χ4n) is 4.27. The standard InChI is InChI=1S/C27H34N6O/c1-21-9-11-24(12-10-21)20-33-23(3)26(22(2)30-33)19-28-29-27(34)13-14-31-15-17-32(18-16-31)25-7-5-4-6-8-25/h4-12,19H,13-18,20H2,1-3H3,(H,29,34). The molecule has 1 N–H and O–H groups in total. The fraction of sp³-hybridized carbons (Fsp3) is 0.370. The van der Waals surface area contributed by atoms with E-state index in [0.717, 1.165) is 49.7 Å². The number of carbonyl (C=O) groups is 1. The lowest BCUT2D eigenvalue weighted by molar-refractivity contribution is -0.121. The molecule has 0 atom stereocenters. The lowest BCUT2D eigenvalue weighted by Crippen LogP contribution is -2.47. The summed E-state index contributed by atoms with van der Waals surface area (Å²) in [6.07, 6.45) is 2.15. The van der Waals surface area contributed by atoms with Crippen molar-refractivity contribution in [1.29, 1.82) is 0 Å². The summed E-state index contributed by atoms with van der Waals surface area (Å²) < 4.78 is 1.98. The molecule has 7 heteroatoms. The second kappa shape index (κ2) is 11.1. The molecule has 4 rings (SSSR count). The molecule has 2 aromatic carbocycles. The maximum Gasteiger partial charge on any atom is 0.241 e. The van der Waals surface area contributed by atoms with Gasteiger partial charge in [0, 0.05) is 56.1 Å². The maximum atomic E-state index is 12.3. The van der Waals surface area contributed by atoms with Gasteiger partial charge in [-0.2, -0.15) is 10.2 Å². The van der Waals surface area contributed by atoms with Crippen molar-refractivity contribution in [3.63, 3.8) is 0 Å². The molecule has 1 aromatic heterocycles. The van der Waals surface area contributed by atoms with Gasteiger partial charge in [-0.3, -0.25) is 14.4 Å². The third kappa shape index (κ3) is 6.11. The number of aryl methyl sites for hydroxylation is 2. The van der Waals surface area contributed by atoms with Gasteiger partial charge in [0.15, 0.2) is 0 Å². The molecule has 1 saturated heterocycles. The van der Waals surface area contributed by atoms with Crippen molar-refractivity contribution in [1.82, 2.24) is 20.1 Å². The van der Waals surface area contributed by atoms with Crippen molar-refractivity contribution in [3.05, 3.63) is 82.7 Å². The van der Waals surface area contributed by atoms with Gasteiger partial charge in [0.2, 0.25) is 5.91 Å². The van der Waals surface area contributed by atoms with Gasteiger partial charge in [0.25, 0.3) is 0 Å². The molecule has 1 aliphatic heterocycles. The highest BCUT2D eigenvalue weighted by atomic mass is 16.2. The van der Waals surface area contributed by atoms with Gasteiger partial charge < -0.3 is 4.90 Å². The average molecular weight is 459 g/mol. The van der Waals surface area contributed by atoms with E-state index < -0.39 is 0 Å². The van der Waals surface area contributed by atoms with E-state index in [4.69, 9.17) is 0 Å². The van der Waals surface area contributed by atoms with Crippen molar-refractivity contribution < 1.29 is 4.79 Å². The summed E-state index contributed by atoms with van der Waals surface area (Å²) >= 11 is 0. The Kier molecular flexibility index (Phi) is 7.75. The first-order chi connectivity index (χ1) is 16.5. The number of hydrogen-bond donors (Lipinski definition) is 1. The van der Waals surface area contributed by atoms with Crippen LogP contribution in [0.25, 0.3) is 0 Å². The number of carbonyl (C=O) groups excluding carboxylic acids is 1. The minimum Gasteiger partial charge on any atom is -0.369 e. The van der Waals surface area contributed by atoms with E-state index in [0.29, 0.717) is 13.0 Å². The number of nitrogens with one attached hydrogen (secondary N) is 1. The molecule has 0 spiro atoms. The normalized spacial score (nSPS) is 14.6. The molecule has 34 heavy (non-hydrogen) atoms. The summed E-state index contributed by atoms with van der Waals surface area (Å²) in [5.41, 5.74) is 9.28. The first kappa shape index (κ1) is 23.7. The Morgan fingerprint density at radius 1 is 1.00 bits per heavy atom. The monoisotopic (exact) mass is 458 g/mol. The smallest absolute Gasteiger partial charge is 0.241 e. The van der Waals surface area contributed by atoms with Gasteiger partial charge >= 0.3 is 0 Å².